The van der Waals surface area contributed by atoms with Gasteiger partial charge in [0, 0.05) is 11.6 Å². The van der Waals surface area contributed by atoms with Crippen LogP contribution < -0.4 is 0 Å². The van der Waals surface area contributed by atoms with E-state index in [0.29, 0.717) is 16.6 Å². The van der Waals surface area contributed by atoms with Crippen LogP contribution in [0.3, 0.4) is 0 Å². The van der Waals surface area contributed by atoms with Crippen molar-refractivity contribution in [3.63, 3.8) is 0 Å². The number of nitrogens with zero attached hydrogens (tertiary/aromatic N) is 3. The van der Waals surface area contributed by atoms with Crippen molar-refractivity contribution in [1.29, 1.82) is 0 Å². The highest BCUT2D eigenvalue weighted by atomic mass is 19.1. The van der Waals surface area contributed by atoms with Crippen LogP contribution in [0.15, 0.2) is 53.0 Å². The van der Waals surface area contributed by atoms with E-state index in [0.717, 1.165) is 0 Å². The van der Waals surface area contributed by atoms with Crippen LogP contribution >= 0.6 is 0 Å². The normalized spacial score (nSPS) is 11.4. The number of aromatic nitrogens is 2. The molecule has 0 aliphatic heterocycles. The number of halogens is 1. The summed E-state index contributed by atoms with van der Waals surface area (Å²) in [4.78, 5) is 6.61. The molecule has 1 aromatic carbocycles. The molecule has 0 fully saturated rings. The topological polar surface area (TPSA) is 73.6 Å². The summed E-state index contributed by atoms with van der Waals surface area (Å²) in [6.07, 6.45) is 3.16. The summed E-state index contributed by atoms with van der Waals surface area (Å²) in [6.45, 7) is 0. The van der Waals surface area contributed by atoms with Gasteiger partial charge in [0.25, 0.3) is 0 Å². The number of hydrogen-bond acceptors (Lipinski definition) is 4. The van der Waals surface area contributed by atoms with E-state index in [9.17, 15) is 9.50 Å². The summed E-state index contributed by atoms with van der Waals surface area (Å²) in [5, 5.41) is 18.1. The maximum atomic E-state index is 13.2. The summed E-state index contributed by atoms with van der Waals surface area (Å²) < 4.78 is 13.2. The second-order valence-electron chi connectivity index (χ2n) is 3.92. The Morgan fingerprint density at radius 2 is 2.11 bits per heavy atom. The van der Waals surface area contributed by atoms with Crippen LogP contribution in [0.2, 0.25) is 0 Å². The average Bonchev–Trinajstić information content (AvgIpc) is 2.73. The highest BCUT2D eigenvalue weighted by Crippen LogP contribution is 2.36. The van der Waals surface area contributed by atoms with Crippen molar-refractivity contribution in [1.82, 2.24) is 9.97 Å². The lowest BCUT2D eigenvalue weighted by Gasteiger charge is -1.93. The van der Waals surface area contributed by atoms with Crippen molar-refractivity contribution in [2.75, 3.05) is 0 Å². The minimum atomic E-state index is -0.399. The quantitative estimate of drug-likeness (QED) is 0.684. The molecule has 0 spiro atoms. The molecule has 0 atom stereocenters. The van der Waals surface area contributed by atoms with E-state index < -0.39 is 5.82 Å². The average molecular weight is 256 g/mol. The largest absolute Gasteiger partial charge is 0.493 e. The summed E-state index contributed by atoms with van der Waals surface area (Å²) >= 11 is 0. The van der Waals surface area contributed by atoms with Crippen molar-refractivity contribution in [2.24, 2.45) is 10.2 Å². The number of H-pyrrole nitrogens is 1. The van der Waals surface area contributed by atoms with E-state index in [1.165, 1.54) is 24.4 Å². The SMILES string of the molecule is Oc1[nH]c2ccc(F)cc2c1N=Nc1cccnc1. The van der Waals surface area contributed by atoms with Gasteiger partial charge in [-0.05, 0) is 30.3 Å². The van der Waals surface area contributed by atoms with Crippen LogP contribution in [0.1, 0.15) is 0 Å². The summed E-state index contributed by atoms with van der Waals surface area (Å²) in [7, 11) is 0. The van der Waals surface area contributed by atoms with Gasteiger partial charge in [-0.2, -0.15) is 0 Å². The minimum absolute atomic E-state index is 0.145. The van der Waals surface area contributed by atoms with Gasteiger partial charge < -0.3 is 10.1 Å². The molecule has 2 heterocycles. The number of azo groups is 1. The molecule has 0 radical (unpaired) electrons. The number of benzene rings is 1. The lowest BCUT2D eigenvalue weighted by atomic mass is 10.2. The Bertz CT molecular complexity index is 752. The Morgan fingerprint density at radius 3 is 2.89 bits per heavy atom. The number of nitrogens with one attached hydrogen (secondary N) is 1. The molecule has 0 saturated heterocycles. The minimum Gasteiger partial charge on any atom is -0.493 e. The molecule has 6 heteroatoms. The first-order valence-corrected chi connectivity index (χ1v) is 5.56. The van der Waals surface area contributed by atoms with Gasteiger partial charge in [0.05, 0.1) is 11.7 Å². The molecule has 0 saturated carbocycles. The second-order valence-corrected chi connectivity index (χ2v) is 3.92. The molecule has 0 bridgehead atoms. The molecular weight excluding hydrogens is 247 g/mol. The fourth-order valence-corrected chi connectivity index (χ4v) is 1.76. The summed E-state index contributed by atoms with van der Waals surface area (Å²) in [5.74, 6) is -0.544. The Hall–Kier alpha value is -2.76. The van der Waals surface area contributed by atoms with Crippen molar-refractivity contribution in [3.8, 4) is 5.88 Å². The van der Waals surface area contributed by atoms with Gasteiger partial charge in [0.2, 0.25) is 5.88 Å². The summed E-state index contributed by atoms with van der Waals surface area (Å²) in [6, 6.07) is 7.59. The van der Waals surface area contributed by atoms with Gasteiger partial charge in [-0.25, -0.2) is 4.39 Å². The van der Waals surface area contributed by atoms with Gasteiger partial charge in [-0.1, -0.05) is 0 Å². The highest BCUT2D eigenvalue weighted by molar-refractivity contribution is 5.94. The summed E-state index contributed by atoms with van der Waals surface area (Å²) in [5.41, 5.74) is 1.35. The van der Waals surface area contributed by atoms with Gasteiger partial charge in [0.1, 0.15) is 11.5 Å². The first kappa shape index (κ1) is 11.3. The van der Waals surface area contributed by atoms with E-state index >= 15 is 0 Å². The third-order valence-electron chi connectivity index (χ3n) is 2.63. The van der Waals surface area contributed by atoms with Gasteiger partial charge >= 0.3 is 0 Å². The van der Waals surface area contributed by atoms with Gasteiger partial charge in [-0.15, -0.1) is 10.2 Å². The second kappa shape index (κ2) is 4.49. The van der Waals surface area contributed by atoms with Crippen LogP contribution in [0.25, 0.3) is 10.9 Å². The number of aromatic hydroxyl groups is 1. The zero-order valence-electron chi connectivity index (χ0n) is 9.71. The standard InChI is InChI=1S/C13H9FN4O/c14-8-3-4-11-10(6-8)12(13(19)16-11)18-17-9-2-1-5-15-7-9/h1-7,16,19H. The lowest BCUT2D eigenvalue weighted by Crippen LogP contribution is -1.72. The van der Waals surface area contributed by atoms with Gasteiger partial charge in [0.15, 0.2) is 5.69 Å². The number of pyridine rings is 1. The number of aromatic amines is 1. The number of fused-ring (bicyclic) bond motifs is 1. The van der Waals surface area contributed by atoms with E-state index in [4.69, 9.17) is 0 Å². The lowest BCUT2D eigenvalue weighted by molar-refractivity contribution is 0.459. The van der Waals surface area contributed by atoms with E-state index in [-0.39, 0.29) is 11.6 Å². The van der Waals surface area contributed by atoms with Crippen molar-refractivity contribution in [2.45, 2.75) is 0 Å². The monoisotopic (exact) mass is 256 g/mol. The molecule has 2 aromatic heterocycles. The first-order valence-electron chi connectivity index (χ1n) is 5.56. The molecule has 3 aromatic rings. The van der Waals surface area contributed by atoms with E-state index in [1.54, 1.807) is 18.3 Å². The highest BCUT2D eigenvalue weighted by Gasteiger charge is 2.10. The Kier molecular flexibility index (Phi) is 2.68. The maximum Gasteiger partial charge on any atom is 0.218 e. The van der Waals surface area contributed by atoms with Crippen molar-refractivity contribution < 1.29 is 9.50 Å². The third-order valence-corrected chi connectivity index (χ3v) is 2.63. The van der Waals surface area contributed by atoms with Crippen LogP contribution in [0.5, 0.6) is 5.88 Å². The molecule has 3 rings (SSSR count). The molecular formula is C13H9FN4O. The fraction of sp³-hybridized carbons (Fsp3) is 0. The molecule has 0 aliphatic rings. The molecule has 0 amide bonds. The van der Waals surface area contributed by atoms with Crippen LogP contribution in [-0.2, 0) is 0 Å². The van der Waals surface area contributed by atoms with E-state index in [1.807, 2.05) is 0 Å². The number of rotatable bonds is 2. The zero-order chi connectivity index (χ0) is 13.2. The molecule has 19 heavy (non-hydrogen) atoms. The smallest absolute Gasteiger partial charge is 0.218 e. The third kappa shape index (κ3) is 2.15. The zero-order valence-corrected chi connectivity index (χ0v) is 9.71. The first-order chi connectivity index (χ1) is 9.24. The predicted molar refractivity (Wildman–Crippen MR) is 68.3 cm³/mol. The Balaban J connectivity index is 2.07. The molecule has 0 unspecified atom stereocenters. The molecule has 2 N–H and O–H groups in total. The predicted octanol–water partition coefficient (Wildman–Crippen LogP) is 3.82. The Morgan fingerprint density at radius 1 is 1.21 bits per heavy atom. The van der Waals surface area contributed by atoms with Crippen LogP contribution in [-0.4, -0.2) is 15.1 Å². The van der Waals surface area contributed by atoms with Crippen molar-refractivity contribution >= 4 is 22.3 Å². The fourth-order valence-electron chi connectivity index (χ4n) is 1.76. The molecule has 0 aliphatic carbocycles. The van der Waals surface area contributed by atoms with Gasteiger partial charge in [-0.3, -0.25) is 4.98 Å². The van der Waals surface area contributed by atoms with Crippen molar-refractivity contribution in [3.05, 3.63) is 48.5 Å². The van der Waals surface area contributed by atoms with E-state index in [2.05, 4.69) is 20.2 Å². The molecule has 94 valence electrons. The Labute approximate surface area is 107 Å². The maximum absolute atomic E-state index is 13.2. The number of hydrogen-bond donors (Lipinski definition) is 2. The molecule has 5 nitrogen and oxygen atoms in total. The van der Waals surface area contributed by atoms with Crippen LogP contribution in [0, 0.1) is 5.82 Å². The van der Waals surface area contributed by atoms with Crippen LogP contribution in [0.4, 0.5) is 15.8 Å².